The minimum Gasteiger partial charge on any atom is -0.369 e. The molecule has 1 aliphatic carbocycles. The third-order valence-electron chi connectivity index (χ3n) is 3.41. The Balaban J connectivity index is 2.66. The van der Waals surface area contributed by atoms with Crippen molar-refractivity contribution in [3.63, 3.8) is 0 Å². The third-order valence-corrected chi connectivity index (χ3v) is 3.41. The van der Waals surface area contributed by atoms with E-state index in [4.69, 9.17) is 5.73 Å². The average molecular weight is 267 g/mol. The molecule has 5 heteroatoms. The van der Waals surface area contributed by atoms with Gasteiger partial charge in [0.2, 0.25) is 11.8 Å². The van der Waals surface area contributed by atoms with Crippen molar-refractivity contribution in [3.8, 4) is 0 Å². The van der Waals surface area contributed by atoms with Gasteiger partial charge in [0.25, 0.3) is 0 Å². The quantitative estimate of drug-likeness (QED) is 0.751. The van der Waals surface area contributed by atoms with Gasteiger partial charge in [-0.2, -0.15) is 0 Å². The number of hydrogen-bond acceptors (Lipinski definition) is 3. The van der Waals surface area contributed by atoms with E-state index in [9.17, 15) is 9.59 Å². The molecule has 0 saturated heterocycles. The Bertz CT molecular complexity index is 364. The van der Waals surface area contributed by atoms with E-state index < -0.39 is 5.91 Å². The maximum atomic E-state index is 12.3. The van der Waals surface area contributed by atoms with E-state index in [2.05, 4.69) is 6.08 Å². The molecule has 0 unspecified atom stereocenters. The van der Waals surface area contributed by atoms with Gasteiger partial charge in [0, 0.05) is 18.3 Å². The molecule has 0 spiro atoms. The number of allylic oxidation sites excluding steroid dienone is 2. The molecule has 0 saturated carbocycles. The molecule has 1 aliphatic rings. The third kappa shape index (κ3) is 4.67. The Kier molecular flexibility index (Phi) is 6.02. The molecule has 2 N–H and O–H groups in total. The molecular formula is C14H25N3O2. The SMILES string of the molecule is CCN(C(=O)CN(CC(N)=O)C(C)C)C1=CCCC1. The summed E-state index contributed by atoms with van der Waals surface area (Å²) in [5.41, 5.74) is 6.34. The van der Waals surface area contributed by atoms with Gasteiger partial charge in [0.15, 0.2) is 0 Å². The number of hydrogen-bond donors (Lipinski definition) is 1. The lowest BCUT2D eigenvalue weighted by Gasteiger charge is -2.29. The van der Waals surface area contributed by atoms with Crippen molar-refractivity contribution in [2.75, 3.05) is 19.6 Å². The van der Waals surface area contributed by atoms with Crippen molar-refractivity contribution in [2.24, 2.45) is 5.73 Å². The Morgan fingerprint density at radius 1 is 1.37 bits per heavy atom. The summed E-state index contributed by atoms with van der Waals surface area (Å²) >= 11 is 0. The monoisotopic (exact) mass is 267 g/mol. The maximum Gasteiger partial charge on any atom is 0.240 e. The molecule has 5 nitrogen and oxygen atoms in total. The van der Waals surface area contributed by atoms with Crippen LogP contribution in [0.2, 0.25) is 0 Å². The second-order valence-electron chi connectivity index (χ2n) is 5.19. The van der Waals surface area contributed by atoms with Crippen LogP contribution in [0.1, 0.15) is 40.0 Å². The standard InChI is InChI=1S/C14H25N3O2/c1-4-17(12-7-5-6-8-12)14(19)10-16(11(2)3)9-13(15)18/h7,11H,4-6,8-10H2,1-3H3,(H2,15,18). The summed E-state index contributed by atoms with van der Waals surface area (Å²) in [6.45, 7) is 6.94. The highest BCUT2D eigenvalue weighted by Crippen LogP contribution is 2.21. The van der Waals surface area contributed by atoms with E-state index in [-0.39, 0.29) is 25.0 Å². The van der Waals surface area contributed by atoms with Crippen LogP contribution in [0.15, 0.2) is 11.8 Å². The van der Waals surface area contributed by atoms with Crippen LogP contribution in [-0.2, 0) is 9.59 Å². The van der Waals surface area contributed by atoms with E-state index in [0.29, 0.717) is 6.54 Å². The molecule has 0 aromatic rings. The van der Waals surface area contributed by atoms with E-state index >= 15 is 0 Å². The first-order valence-corrected chi connectivity index (χ1v) is 6.97. The van der Waals surface area contributed by atoms with Gasteiger partial charge >= 0.3 is 0 Å². The van der Waals surface area contributed by atoms with Crippen molar-refractivity contribution in [1.82, 2.24) is 9.80 Å². The Morgan fingerprint density at radius 2 is 2.05 bits per heavy atom. The van der Waals surface area contributed by atoms with Crippen LogP contribution in [-0.4, -0.2) is 47.3 Å². The van der Waals surface area contributed by atoms with Crippen molar-refractivity contribution < 1.29 is 9.59 Å². The van der Waals surface area contributed by atoms with Gasteiger partial charge in [0.1, 0.15) is 0 Å². The summed E-state index contributed by atoms with van der Waals surface area (Å²) in [6, 6.07) is 0.118. The fourth-order valence-electron chi connectivity index (χ4n) is 2.32. The molecule has 2 amide bonds. The van der Waals surface area contributed by atoms with Crippen LogP contribution in [0.25, 0.3) is 0 Å². The minimum atomic E-state index is -0.398. The number of nitrogens with zero attached hydrogens (tertiary/aromatic N) is 2. The summed E-state index contributed by atoms with van der Waals surface area (Å²) in [5.74, 6) is -0.352. The normalized spacial score (nSPS) is 14.9. The van der Waals surface area contributed by atoms with Crippen molar-refractivity contribution in [3.05, 3.63) is 11.8 Å². The minimum absolute atomic E-state index is 0.0469. The van der Waals surface area contributed by atoms with Crippen LogP contribution in [0.5, 0.6) is 0 Å². The number of carbonyl (C=O) groups is 2. The number of likely N-dealkylation sites (N-methyl/N-ethyl adjacent to an activating group) is 1. The molecule has 0 aromatic heterocycles. The zero-order valence-corrected chi connectivity index (χ0v) is 12.2. The zero-order chi connectivity index (χ0) is 14.4. The van der Waals surface area contributed by atoms with Gasteiger partial charge in [-0.15, -0.1) is 0 Å². The van der Waals surface area contributed by atoms with Crippen LogP contribution in [0.4, 0.5) is 0 Å². The molecule has 0 atom stereocenters. The smallest absolute Gasteiger partial charge is 0.240 e. The fourth-order valence-corrected chi connectivity index (χ4v) is 2.32. The molecule has 0 radical (unpaired) electrons. The second kappa shape index (κ2) is 7.28. The van der Waals surface area contributed by atoms with Gasteiger partial charge in [-0.1, -0.05) is 6.08 Å². The molecule has 19 heavy (non-hydrogen) atoms. The van der Waals surface area contributed by atoms with Crippen LogP contribution in [0, 0.1) is 0 Å². The lowest BCUT2D eigenvalue weighted by Crippen LogP contribution is -2.45. The molecule has 108 valence electrons. The first-order chi connectivity index (χ1) is 8.95. The predicted octanol–water partition coefficient (Wildman–Crippen LogP) is 1.10. The number of rotatable bonds is 7. The summed E-state index contributed by atoms with van der Waals surface area (Å²) in [6.07, 6.45) is 5.27. The van der Waals surface area contributed by atoms with Gasteiger partial charge < -0.3 is 10.6 Å². The van der Waals surface area contributed by atoms with E-state index in [1.807, 2.05) is 30.6 Å². The summed E-state index contributed by atoms with van der Waals surface area (Å²) in [4.78, 5) is 27.0. The average Bonchev–Trinajstić information content (AvgIpc) is 2.82. The lowest BCUT2D eigenvalue weighted by molar-refractivity contribution is -0.131. The number of primary amides is 1. The van der Waals surface area contributed by atoms with Crippen LogP contribution in [0.3, 0.4) is 0 Å². The van der Waals surface area contributed by atoms with E-state index in [1.54, 1.807) is 0 Å². The fraction of sp³-hybridized carbons (Fsp3) is 0.714. The topological polar surface area (TPSA) is 66.6 Å². The van der Waals surface area contributed by atoms with Crippen LogP contribution >= 0.6 is 0 Å². The highest BCUT2D eigenvalue weighted by Gasteiger charge is 2.22. The molecular weight excluding hydrogens is 242 g/mol. The molecule has 0 heterocycles. The van der Waals surface area contributed by atoms with Crippen molar-refractivity contribution in [1.29, 1.82) is 0 Å². The van der Waals surface area contributed by atoms with Crippen molar-refractivity contribution in [2.45, 2.75) is 46.1 Å². The van der Waals surface area contributed by atoms with Gasteiger partial charge in [0.05, 0.1) is 13.1 Å². The molecule has 0 fully saturated rings. The Hall–Kier alpha value is -1.36. The summed E-state index contributed by atoms with van der Waals surface area (Å²) in [5, 5.41) is 0. The first-order valence-electron chi connectivity index (χ1n) is 6.97. The largest absolute Gasteiger partial charge is 0.369 e. The number of amides is 2. The number of nitrogens with two attached hydrogens (primary N) is 1. The highest BCUT2D eigenvalue weighted by atomic mass is 16.2. The molecule has 1 rings (SSSR count). The van der Waals surface area contributed by atoms with Crippen LogP contribution < -0.4 is 5.73 Å². The Labute approximate surface area is 115 Å². The second-order valence-corrected chi connectivity index (χ2v) is 5.19. The molecule has 0 bridgehead atoms. The lowest BCUT2D eigenvalue weighted by atomic mass is 10.2. The van der Waals surface area contributed by atoms with E-state index in [1.165, 1.54) is 0 Å². The first kappa shape index (κ1) is 15.7. The Morgan fingerprint density at radius 3 is 2.47 bits per heavy atom. The van der Waals surface area contributed by atoms with Gasteiger partial charge in [-0.25, -0.2) is 0 Å². The molecule has 0 aromatic carbocycles. The maximum absolute atomic E-state index is 12.3. The highest BCUT2D eigenvalue weighted by molar-refractivity contribution is 5.81. The van der Waals surface area contributed by atoms with Gasteiger partial charge in [-0.05, 0) is 40.0 Å². The van der Waals surface area contributed by atoms with Gasteiger partial charge in [-0.3, -0.25) is 14.5 Å². The molecule has 0 aliphatic heterocycles. The van der Waals surface area contributed by atoms with E-state index in [0.717, 1.165) is 25.0 Å². The summed E-state index contributed by atoms with van der Waals surface area (Å²) in [7, 11) is 0. The predicted molar refractivity (Wildman–Crippen MR) is 75.2 cm³/mol. The number of carbonyl (C=O) groups excluding carboxylic acids is 2. The van der Waals surface area contributed by atoms with Crippen molar-refractivity contribution >= 4 is 11.8 Å². The zero-order valence-electron chi connectivity index (χ0n) is 12.2. The summed E-state index contributed by atoms with van der Waals surface area (Å²) < 4.78 is 0.